The SMILES string of the molecule is C[C](C)CN1CC[C@H](CN2CCOCC2)C1. The molecule has 93 valence electrons. The molecule has 0 spiro atoms. The van der Waals surface area contributed by atoms with Gasteiger partial charge in [-0.05, 0) is 24.8 Å². The van der Waals surface area contributed by atoms with Crippen molar-refractivity contribution in [2.45, 2.75) is 20.3 Å². The number of hydrogen-bond acceptors (Lipinski definition) is 3. The molecule has 0 aromatic carbocycles. The molecule has 0 saturated carbocycles. The summed E-state index contributed by atoms with van der Waals surface area (Å²) in [5, 5.41) is 0. The molecule has 3 heteroatoms. The molecule has 2 fully saturated rings. The van der Waals surface area contributed by atoms with Gasteiger partial charge in [-0.15, -0.1) is 0 Å². The van der Waals surface area contributed by atoms with E-state index in [1.165, 1.54) is 38.5 Å². The zero-order chi connectivity index (χ0) is 11.4. The van der Waals surface area contributed by atoms with Gasteiger partial charge in [0.2, 0.25) is 0 Å². The van der Waals surface area contributed by atoms with Gasteiger partial charge in [-0.1, -0.05) is 13.8 Å². The first-order chi connectivity index (χ1) is 7.74. The molecule has 0 bridgehead atoms. The number of likely N-dealkylation sites (tertiary alicyclic amines) is 1. The Morgan fingerprint density at radius 2 is 1.88 bits per heavy atom. The van der Waals surface area contributed by atoms with Crippen LogP contribution < -0.4 is 0 Å². The van der Waals surface area contributed by atoms with Crippen molar-refractivity contribution in [2.75, 3.05) is 52.5 Å². The van der Waals surface area contributed by atoms with Gasteiger partial charge in [0.15, 0.2) is 0 Å². The van der Waals surface area contributed by atoms with E-state index in [0.29, 0.717) is 0 Å². The largest absolute Gasteiger partial charge is 0.379 e. The maximum atomic E-state index is 5.38. The molecular formula is C13H25N2O. The van der Waals surface area contributed by atoms with E-state index in [-0.39, 0.29) is 0 Å². The molecule has 0 aromatic rings. The van der Waals surface area contributed by atoms with Gasteiger partial charge in [0.05, 0.1) is 13.2 Å². The Bertz CT molecular complexity index is 202. The van der Waals surface area contributed by atoms with Crippen LogP contribution in [0.5, 0.6) is 0 Å². The standard InChI is InChI=1S/C13H25N2O/c1-12(2)9-15-4-3-13(11-15)10-14-5-7-16-8-6-14/h13H,3-11H2,1-2H3/t13-/m1/s1. The van der Waals surface area contributed by atoms with Crippen molar-refractivity contribution in [1.82, 2.24) is 9.80 Å². The fraction of sp³-hybridized carbons (Fsp3) is 0.923. The Balaban J connectivity index is 1.67. The first-order valence-electron chi connectivity index (χ1n) is 6.55. The third-order valence-corrected chi connectivity index (χ3v) is 3.53. The topological polar surface area (TPSA) is 15.7 Å². The normalized spacial score (nSPS) is 29.1. The fourth-order valence-electron chi connectivity index (χ4n) is 2.80. The molecule has 2 rings (SSSR count). The molecule has 3 nitrogen and oxygen atoms in total. The summed E-state index contributed by atoms with van der Waals surface area (Å²) in [6.07, 6.45) is 1.38. The number of morpholine rings is 1. The molecule has 2 aliphatic rings. The van der Waals surface area contributed by atoms with Crippen LogP contribution in [-0.2, 0) is 4.74 Å². The van der Waals surface area contributed by atoms with Crippen molar-refractivity contribution in [3.8, 4) is 0 Å². The Morgan fingerprint density at radius 1 is 1.12 bits per heavy atom. The summed E-state index contributed by atoms with van der Waals surface area (Å²) in [6.45, 7) is 13.6. The van der Waals surface area contributed by atoms with E-state index >= 15 is 0 Å². The highest BCUT2D eigenvalue weighted by Gasteiger charge is 2.25. The lowest BCUT2D eigenvalue weighted by Gasteiger charge is -2.29. The van der Waals surface area contributed by atoms with Gasteiger partial charge in [0, 0.05) is 32.7 Å². The molecule has 0 unspecified atom stereocenters. The summed E-state index contributed by atoms with van der Waals surface area (Å²) in [6, 6.07) is 0. The first-order valence-corrected chi connectivity index (χ1v) is 6.55. The molecule has 2 saturated heterocycles. The van der Waals surface area contributed by atoms with Gasteiger partial charge in [0.25, 0.3) is 0 Å². The van der Waals surface area contributed by atoms with Crippen LogP contribution in [0.4, 0.5) is 0 Å². The Kier molecular flexibility index (Phi) is 4.62. The monoisotopic (exact) mass is 225 g/mol. The van der Waals surface area contributed by atoms with E-state index in [0.717, 1.165) is 32.2 Å². The van der Waals surface area contributed by atoms with E-state index in [9.17, 15) is 0 Å². The van der Waals surface area contributed by atoms with E-state index in [1.54, 1.807) is 0 Å². The molecule has 1 radical (unpaired) electrons. The van der Waals surface area contributed by atoms with Crippen LogP contribution in [0.3, 0.4) is 0 Å². The van der Waals surface area contributed by atoms with Crippen molar-refractivity contribution in [1.29, 1.82) is 0 Å². The zero-order valence-corrected chi connectivity index (χ0v) is 10.7. The summed E-state index contributed by atoms with van der Waals surface area (Å²) in [4.78, 5) is 5.17. The van der Waals surface area contributed by atoms with E-state index in [2.05, 4.69) is 23.6 Å². The number of rotatable bonds is 4. The highest BCUT2D eigenvalue weighted by molar-refractivity contribution is 4.87. The van der Waals surface area contributed by atoms with Crippen LogP contribution in [0.2, 0.25) is 0 Å². The third-order valence-electron chi connectivity index (χ3n) is 3.53. The van der Waals surface area contributed by atoms with Gasteiger partial charge in [-0.25, -0.2) is 0 Å². The summed E-state index contributed by atoms with van der Waals surface area (Å²) in [5.41, 5.74) is 0. The van der Waals surface area contributed by atoms with Crippen molar-refractivity contribution in [2.24, 2.45) is 5.92 Å². The molecule has 1 atom stereocenters. The van der Waals surface area contributed by atoms with Crippen molar-refractivity contribution in [3.05, 3.63) is 5.92 Å². The summed E-state index contributed by atoms with van der Waals surface area (Å²) in [5.74, 6) is 2.42. The lowest BCUT2D eigenvalue weighted by molar-refractivity contribution is 0.0312. The lowest BCUT2D eigenvalue weighted by atomic mass is 10.1. The molecular weight excluding hydrogens is 200 g/mol. The van der Waals surface area contributed by atoms with Crippen LogP contribution in [0.15, 0.2) is 0 Å². The van der Waals surface area contributed by atoms with Crippen molar-refractivity contribution >= 4 is 0 Å². The Hall–Kier alpha value is -0.120. The summed E-state index contributed by atoms with van der Waals surface area (Å²) >= 11 is 0. The van der Waals surface area contributed by atoms with Gasteiger partial charge in [0.1, 0.15) is 0 Å². The zero-order valence-electron chi connectivity index (χ0n) is 10.7. The molecule has 0 N–H and O–H groups in total. The van der Waals surface area contributed by atoms with Crippen molar-refractivity contribution in [3.63, 3.8) is 0 Å². The quantitative estimate of drug-likeness (QED) is 0.716. The molecule has 2 heterocycles. The number of ether oxygens (including phenoxy) is 1. The summed E-state index contributed by atoms with van der Waals surface area (Å²) < 4.78 is 5.38. The number of hydrogen-bond donors (Lipinski definition) is 0. The van der Waals surface area contributed by atoms with Crippen LogP contribution in [-0.4, -0.2) is 62.3 Å². The molecule has 0 aromatic heterocycles. The molecule has 2 aliphatic heterocycles. The Morgan fingerprint density at radius 3 is 2.56 bits per heavy atom. The Labute approximate surface area is 99.7 Å². The predicted octanol–water partition coefficient (Wildman–Crippen LogP) is 1.25. The van der Waals surface area contributed by atoms with E-state index < -0.39 is 0 Å². The van der Waals surface area contributed by atoms with Gasteiger partial charge < -0.3 is 9.64 Å². The van der Waals surface area contributed by atoms with Gasteiger partial charge >= 0.3 is 0 Å². The highest BCUT2D eigenvalue weighted by Crippen LogP contribution is 2.19. The second-order valence-corrected chi connectivity index (χ2v) is 5.51. The second-order valence-electron chi connectivity index (χ2n) is 5.51. The van der Waals surface area contributed by atoms with Crippen LogP contribution >= 0.6 is 0 Å². The van der Waals surface area contributed by atoms with Crippen LogP contribution in [0.1, 0.15) is 20.3 Å². The van der Waals surface area contributed by atoms with Gasteiger partial charge in [-0.2, -0.15) is 0 Å². The maximum absolute atomic E-state index is 5.38. The van der Waals surface area contributed by atoms with Crippen molar-refractivity contribution < 1.29 is 4.74 Å². The molecule has 16 heavy (non-hydrogen) atoms. The van der Waals surface area contributed by atoms with Gasteiger partial charge in [-0.3, -0.25) is 4.90 Å². The fourth-order valence-corrected chi connectivity index (χ4v) is 2.80. The summed E-state index contributed by atoms with van der Waals surface area (Å²) in [7, 11) is 0. The second kappa shape index (κ2) is 5.99. The average molecular weight is 225 g/mol. The smallest absolute Gasteiger partial charge is 0.0594 e. The molecule has 0 aliphatic carbocycles. The first kappa shape index (κ1) is 12.3. The lowest BCUT2D eigenvalue weighted by Crippen LogP contribution is -2.40. The van der Waals surface area contributed by atoms with E-state index in [1.807, 2.05) is 0 Å². The highest BCUT2D eigenvalue weighted by atomic mass is 16.5. The minimum atomic E-state index is 0.887. The minimum Gasteiger partial charge on any atom is -0.379 e. The minimum absolute atomic E-state index is 0.887. The predicted molar refractivity (Wildman–Crippen MR) is 66.4 cm³/mol. The van der Waals surface area contributed by atoms with E-state index in [4.69, 9.17) is 4.74 Å². The number of nitrogens with zero attached hydrogens (tertiary/aromatic N) is 2. The van der Waals surface area contributed by atoms with Crippen LogP contribution in [0, 0.1) is 11.8 Å². The third kappa shape index (κ3) is 3.72. The average Bonchev–Trinajstić information content (AvgIpc) is 2.66. The maximum Gasteiger partial charge on any atom is 0.0594 e. The van der Waals surface area contributed by atoms with Crippen LogP contribution in [0.25, 0.3) is 0 Å². The molecule has 0 amide bonds.